The highest BCUT2D eigenvalue weighted by molar-refractivity contribution is 7.80. The van der Waals surface area contributed by atoms with Gasteiger partial charge in [0.15, 0.2) is 11.7 Å². The maximum absolute atomic E-state index is 12.1. The van der Waals surface area contributed by atoms with Crippen molar-refractivity contribution >= 4 is 52.3 Å². The molecule has 0 fully saturated rings. The number of hydrogen-bond acceptors (Lipinski definition) is 4. The molecule has 0 saturated heterocycles. The van der Waals surface area contributed by atoms with E-state index >= 15 is 0 Å². The van der Waals surface area contributed by atoms with Crippen molar-refractivity contribution in [1.29, 1.82) is 0 Å². The van der Waals surface area contributed by atoms with Crippen LogP contribution in [0.1, 0.15) is 42.1 Å². The van der Waals surface area contributed by atoms with Crippen LogP contribution in [0.5, 0.6) is 5.75 Å². The van der Waals surface area contributed by atoms with Crippen molar-refractivity contribution in [3.8, 4) is 5.75 Å². The Hall–Kier alpha value is -2.35. The number of benzene rings is 2. The first-order valence-corrected chi connectivity index (χ1v) is 10.0. The molecule has 2 rings (SSSR count). The van der Waals surface area contributed by atoms with Gasteiger partial charge in [-0.1, -0.05) is 49.2 Å². The van der Waals surface area contributed by atoms with E-state index in [2.05, 4.69) is 30.0 Å². The third kappa shape index (κ3) is 7.20. The molecule has 0 saturated carbocycles. The van der Waals surface area contributed by atoms with Gasteiger partial charge in [0, 0.05) is 5.02 Å². The number of carbonyl (C=O) groups excluding carboxylic acids is 2. The monoisotopic (exact) mass is 453 g/mol. The average Bonchev–Trinajstić information content (AvgIpc) is 2.70. The van der Waals surface area contributed by atoms with E-state index in [0.717, 1.165) is 6.42 Å². The molecule has 2 amide bonds. The summed E-state index contributed by atoms with van der Waals surface area (Å²) >= 11 is 16.8. The van der Waals surface area contributed by atoms with Gasteiger partial charge in [0.25, 0.3) is 11.8 Å². The van der Waals surface area contributed by atoms with E-state index in [1.165, 1.54) is 23.8 Å². The first-order chi connectivity index (χ1) is 13.8. The Labute approximate surface area is 184 Å². The van der Waals surface area contributed by atoms with Crippen molar-refractivity contribution in [2.45, 2.75) is 26.2 Å². The first kappa shape index (κ1) is 22.9. The molecule has 2 aromatic rings. The van der Waals surface area contributed by atoms with Gasteiger partial charge in [-0.15, -0.1) is 0 Å². The number of carbonyl (C=O) groups is 2. The smallest absolute Gasteiger partial charge is 0.276 e. The SMILES string of the molecule is CCC(C)c1ccc(OCC(=O)NNC(=S)NC(=O)c2ccc(Cl)cc2Cl)cc1. The van der Waals surface area contributed by atoms with Gasteiger partial charge >= 0.3 is 0 Å². The molecular weight excluding hydrogens is 433 g/mol. The Balaban J connectivity index is 1.75. The molecule has 0 aromatic heterocycles. The van der Waals surface area contributed by atoms with Crippen LogP contribution >= 0.6 is 35.4 Å². The number of rotatable bonds is 6. The maximum atomic E-state index is 12.1. The van der Waals surface area contributed by atoms with Crippen LogP contribution in [0.25, 0.3) is 0 Å². The van der Waals surface area contributed by atoms with Crippen LogP contribution in [0.2, 0.25) is 10.0 Å². The number of ether oxygens (including phenoxy) is 1. The summed E-state index contributed by atoms with van der Waals surface area (Å²) in [7, 11) is 0. The van der Waals surface area contributed by atoms with Gasteiger partial charge < -0.3 is 4.74 Å². The number of halogens is 2. The van der Waals surface area contributed by atoms with Crippen LogP contribution in [-0.4, -0.2) is 23.5 Å². The fourth-order valence-corrected chi connectivity index (χ4v) is 2.95. The summed E-state index contributed by atoms with van der Waals surface area (Å²) in [6, 6.07) is 12.1. The van der Waals surface area contributed by atoms with E-state index in [4.69, 9.17) is 40.2 Å². The molecule has 9 heteroatoms. The van der Waals surface area contributed by atoms with E-state index < -0.39 is 11.8 Å². The fourth-order valence-electron chi connectivity index (χ4n) is 2.32. The third-order valence-electron chi connectivity index (χ3n) is 4.15. The van der Waals surface area contributed by atoms with Gasteiger partial charge in [0.1, 0.15) is 5.75 Å². The molecule has 1 atom stereocenters. The third-order valence-corrected chi connectivity index (χ3v) is 4.90. The van der Waals surface area contributed by atoms with Gasteiger partial charge in [0.2, 0.25) is 0 Å². The molecule has 0 radical (unpaired) electrons. The van der Waals surface area contributed by atoms with E-state index in [-0.39, 0.29) is 22.3 Å². The minimum absolute atomic E-state index is 0.0905. The van der Waals surface area contributed by atoms with Crippen LogP contribution in [0.3, 0.4) is 0 Å². The van der Waals surface area contributed by atoms with Crippen LogP contribution in [0, 0.1) is 0 Å². The molecule has 6 nitrogen and oxygen atoms in total. The predicted molar refractivity (Wildman–Crippen MR) is 118 cm³/mol. The van der Waals surface area contributed by atoms with E-state index in [9.17, 15) is 9.59 Å². The quantitative estimate of drug-likeness (QED) is 0.450. The standard InChI is InChI=1S/C20H21Cl2N3O3S/c1-3-12(2)13-4-7-15(8-5-13)28-11-18(26)24-25-20(29)23-19(27)16-9-6-14(21)10-17(16)22/h4-10,12H,3,11H2,1-2H3,(H,24,26)(H2,23,25,27,29). The van der Waals surface area contributed by atoms with E-state index in [1.54, 1.807) is 0 Å². The van der Waals surface area contributed by atoms with Gasteiger partial charge in [-0.05, 0) is 60.5 Å². The first-order valence-electron chi connectivity index (χ1n) is 8.88. The molecule has 0 bridgehead atoms. The molecule has 3 N–H and O–H groups in total. The molecule has 0 spiro atoms. The Bertz CT molecular complexity index is 891. The van der Waals surface area contributed by atoms with Crippen LogP contribution < -0.4 is 20.9 Å². The topological polar surface area (TPSA) is 79.5 Å². The maximum Gasteiger partial charge on any atom is 0.276 e. The highest BCUT2D eigenvalue weighted by atomic mass is 35.5. The number of hydrogen-bond donors (Lipinski definition) is 3. The summed E-state index contributed by atoms with van der Waals surface area (Å²) in [5.41, 5.74) is 6.20. The lowest BCUT2D eigenvalue weighted by Gasteiger charge is -2.13. The molecule has 0 heterocycles. The lowest BCUT2D eigenvalue weighted by molar-refractivity contribution is -0.123. The minimum Gasteiger partial charge on any atom is -0.484 e. The molecule has 29 heavy (non-hydrogen) atoms. The summed E-state index contributed by atoms with van der Waals surface area (Å²) in [5.74, 6) is 0.0594. The van der Waals surface area contributed by atoms with Crippen molar-refractivity contribution < 1.29 is 14.3 Å². The molecule has 1 unspecified atom stereocenters. The van der Waals surface area contributed by atoms with Gasteiger partial charge in [-0.3, -0.25) is 25.8 Å². The highest BCUT2D eigenvalue weighted by Crippen LogP contribution is 2.22. The summed E-state index contributed by atoms with van der Waals surface area (Å²) in [4.78, 5) is 24.0. The van der Waals surface area contributed by atoms with Gasteiger partial charge in [-0.25, -0.2) is 0 Å². The molecule has 0 aliphatic heterocycles. The van der Waals surface area contributed by atoms with Gasteiger partial charge in [0.05, 0.1) is 10.6 Å². The number of hydrazine groups is 1. The van der Waals surface area contributed by atoms with Crippen molar-refractivity contribution in [2.75, 3.05) is 6.61 Å². The van der Waals surface area contributed by atoms with Crippen molar-refractivity contribution in [3.63, 3.8) is 0 Å². The second-order valence-electron chi connectivity index (χ2n) is 6.25. The largest absolute Gasteiger partial charge is 0.484 e. The summed E-state index contributed by atoms with van der Waals surface area (Å²) in [6.45, 7) is 4.07. The second-order valence-corrected chi connectivity index (χ2v) is 7.50. The summed E-state index contributed by atoms with van der Waals surface area (Å²) < 4.78 is 5.43. The molecule has 0 aliphatic carbocycles. The Morgan fingerprint density at radius 2 is 1.79 bits per heavy atom. The zero-order chi connectivity index (χ0) is 21.4. The Kier molecular flexibility index (Phi) is 8.70. The van der Waals surface area contributed by atoms with E-state index in [1.807, 2.05) is 24.3 Å². The Morgan fingerprint density at radius 1 is 1.10 bits per heavy atom. The zero-order valence-electron chi connectivity index (χ0n) is 15.9. The normalized spacial score (nSPS) is 11.3. The molecular formula is C20H21Cl2N3O3S. The van der Waals surface area contributed by atoms with Gasteiger partial charge in [-0.2, -0.15) is 0 Å². The zero-order valence-corrected chi connectivity index (χ0v) is 18.3. The lowest BCUT2D eigenvalue weighted by atomic mass is 9.99. The van der Waals surface area contributed by atoms with Crippen molar-refractivity contribution in [3.05, 3.63) is 63.6 Å². The molecule has 154 valence electrons. The Morgan fingerprint density at radius 3 is 2.41 bits per heavy atom. The van der Waals surface area contributed by atoms with Crippen molar-refractivity contribution in [2.24, 2.45) is 0 Å². The summed E-state index contributed by atoms with van der Waals surface area (Å²) in [6.07, 6.45) is 1.05. The second kappa shape index (κ2) is 11.0. The molecule has 2 aromatic carbocycles. The lowest BCUT2D eigenvalue weighted by Crippen LogP contribution is -2.49. The number of thiocarbonyl (C=S) groups is 1. The summed E-state index contributed by atoms with van der Waals surface area (Å²) in [5, 5.41) is 2.92. The van der Waals surface area contributed by atoms with Crippen LogP contribution in [-0.2, 0) is 4.79 Å². The predicted octanol–water partition coefficient (Wildman–Crippen LogP) is 4.22. The number of amides is 2. The minimum atomic E-state index is -0.531. The highest BCUT2D eigenvalue weighted by Gasteiger charge is 2.13. The fraction of sp³-hybridized carbons (Fsp3) is 0.250. The van der Waals surface area contributed by atoms with Crippen molar-refractivity contribution in [1.82, 2.24) is 16.2 Å². The average molecular weight is 454 g/mol. The van der Waals surface area contributed by atoms with E-state index in [0.29, 0.717) is 16.7 Å². The van der Waals surface area contributed by atoms with Crippen LogP contribution in [0.15, 0.2) is 42.5 Å². The van der Waals surface area contributed by atoms with Crippen LogP contribution in [0.4, 0.5) is 0 Å². The molecule has 0 aliphatic rings. The number of nitrogens with one attached hydrogen (secondary N) is 3.